The van der Waals surface area contributed by atoms with E-state index in [1.807, 2.05) is 0 Å². The third kappa shape index (κ3) is 3.26. The van der Waals surface area contributed by atoms with Crippen molar-refractivity contribution in [1.82, 2.24) is 4.72 Å². The van der Waals surface area contributed by atoms with Crippen molar-refractivity contribution in [2.24, 2.45) is 0 Å². The van der Waals surface area contributed by atoms with Crippen molar-refractivity contribution in [2.75, 3.05) is 6.54 Å². The molecule has 16 heavy (non-hydrogen) atoms. The molecule has 0 bridgehead atoms. The number of hydrogen-bond donors (Lipinski definition) is 2. The number of aliphatic hydroxyl groups is 1. The van der Waals surface area contributed by atoms with Gasteiger partial charge in [-0.15, -0.1) is 0 Å². The van der Waals surface area contributed by atoms with E-state index in [-0.39, 0.29) is 11.4 Å². The van der Waals surface area contributed by atoms with E-state index in [0.717, 1.165) is 12.1 Å². The lowest BCUT2D eigenvalue weighted by Gasteiger charge is -2.10. The number of halogens is 1. The van der Waals surface area contributed by atoms with Crippen LogP contribution in [0.25, 0.3) is 0 Å². The molecular weight excluding hydrogens is 233 g/mol. The Labute approximate surface area is 94.2 Å². The molecule has 2 N–H and O–H groups in total. The van der Waals surface area contributed by atoms with Crippen LogP contribution in [0.4, 0.5) is 4.39 Å². The van der Waals surface area contributed by atoms with Crippen LogP contribution in [0.5, 0.6) is 0 Å². The van der Waals surface area contributed by atoms with Gasteiger partial charge in [-0.1, -0.05) is 0 Å². The number of aryl methyl sites for hydroxylation is 1. The molecule has 0 fully saturated rings. The normalized spacial score (nSPS) is 13.8. The lowest BCUT2D eigenvalue weighted by molar-refractivity contribution is 0.198. The highest BCUT2D eigenvalue weighted by Crippen LogP contribution is 2.15. The van der Waals surface area contributed by atoms with Crippen LogP contribution in [0.2, 0.25) is 0 Å². The molecular formula is C10H14FNO3S. The Kier molecular flexibility index (Phi) is 4.01. The fourth-order valence-corrected chi connectivity index (χ4v) is 2.57. The average Bonchev–Trinajstić information content (AvgIpc) is 2.14. The number of aliphatic hydroxyl groups excluding tert-OH is 1. The second-order valence-corrected chi connectivity index (χ2v) is 5.35. The first-order valence-corrected chi connectivity index (χ1v) is 6.25. The van der Waals surface area contributed by atoms with Crippen molar-refractivity contribution in [1.29, 1.82) is 0 Å². The summed E-state index contributed by atoms with van der Waals surface area (Å²) >= 11 is 0. The van der Waals surface area contributed by atoms with E-state index in [9.17, 15) is 12.8 Å². The summed E-state index contributed by atoms with van der Waals surface area (Å²) < 4.78 is 38.5. The van der Waals surface area contributed by atoms with Crippen LogP contribution in [-0.4, -0.2) is 26.2 Å². The monoisotopic (exact) mass is 247 g/mol. The van der Waals surface area contributed by atoms with Crippen molar-refractivity contribution < 1.29 is 17.9 Å². The molecule has 1 unspecified atom stereocenters. The molecule has 0 spiro atoms. The van der Waals surface area contributed by atoms with E-state index in [1.165, 1.54) is 19.9 Å². The van der Waals surface area contributed by atoms with Gasteiger partial charge in [0.05, 0.1) is 11.0 Å². The van der Waals surface area contributed by atoms with Gasteiger partial charge in [0, 0.05) is 6.54 Å². The molecule has 4 nitrogen and oxygen atoms in total. The summed E-state index contributed by atoms with van der Waals surface area (Å²) in [4.78, 5) is 0.0227. The van der Waals surface area contributed by atoms with E-state index in [2.05, 4.69) is 4.72 Å². The number of benzene rings is 1. The molecule has 6 heteroatoms. The maximum atomic E-state index is 12.8. The quantitative estimate of drug-likeness (QED) is 0.826. The zero-order valence-electron chi connectivity index (χ0n) is 9.07. The molecule has 0 saturated heterocycles. The first-order valence-electron chi connectivity index (χ1n) is 4.77. The minimum absolute atomic E-state index is 0.0227. The van der Waals surface area contributed by atoms with Gasteiger partial charge in [0.1, 0.15) is 5.82 Å². The van der Waals surface area contributed by atoms with E-state index >= 15 is 0 Å². The average molecular weight is 247 g/mol. The van der Waals surface area contributed by atoms with Crippen molar-refractivity contribution in [3.05, 3.63) is 29.6 Å². The van der Waals surface area contributed by atoms with Gasteiger partial charge in [0.15, 0.2) is 0 Å². The van der Waals surface area contributed by atoms with E-state index in [1.54, 1.807) is 0 Å². The molecule has 0 heterocycles. The summed E-state index contributed by atoms with van der Waals surface area (Å²) in [7, 11) is -3.68. The standard InChI is InChI=1S/C10H14FNO3S/c1-7-5-9(11)3-4-10(7)16(14,15)12-6-8(2)13/h3-5,8,12-13H,6H2,1-2H3. The Morgan fingerprint density at radius 1 is 1.50 bits per heavy atom. The van der Waals surface area contributed by atoms with Crippen molar-refractivity contribution in [3.8, 4) is 0 Å². The first-order chi connectivity index (χ1) is 7.33. The Morgan fingerprint density at radius 2 is 2.12 bits per heavy atom. The van der Waals surface area contributed by atoms with Crippen LogP contribution in [0.15, 0.2) is 23.1 Å². The highest BCUT2D eigenvalue weighted by molar-refractivity contribution is 7.89. The predicted molar refractivity (Wildman–Crippen MR) is 58.0 cm³/mol. The number of nitrogens with one attached hydrogen (secondary N) is 1. The van der Waals surface area contributed by atoms with Crippen molar-refractivity contribution in [3.63, 3.8) is 0 Å². The minimum atomic E-state index is -3.68. The lowest BCUT2D eigenvalue weighted by atomic mass is 10.2. The van der Waals surface area contributed by atoms with Crippen molar-refractivity contribution >= 4 is 10.0 Å². The largest absolute Gasteiger partial charge is 0.392 e. The van der Waals surface area contributed by atoms with Gasteiger partial charge in [0.2, 0.25) is 10.0 Å². The molecule has 1 rings (SSSR count). The van der Waals surface area contributed by atoms with Crippen LogP contribution < -0.4 is 4.72 Å². The smallest absolute Gasteiger partial charge is 0.240 e. The number of rotatable bonds is 4. The number of sulfonamides is 1. The van der Waals surface area contributed by atoms with Crippen LogP contribution in [0, 0.1) is 12.7 Å². The summed E-state index contributed by atoms with van der Waals surface area (Å²) in [5.74, 6) is -0.480. The summed E-state index contributed by atoms with van der Waals surface area (Å²) in [6.07, 6.45) is -0.768. The summed E-state index contributed by atoms with van der Waals surface area (Å²) in [6.45, 7) is 2.92. The second-order valence-electron chi connectivity index (χ2n) is 3.61. The molecule has 0 amide bonds. The molecule has 1 atom stereocenters. The lowest BCUT2D eigenvalue weighted by Crippen LogP contribution is -2.31. The van der Waals surface area contributed by atoms with Gasteiger partial charge >= 0.3 is 0 Å². The first kappa shape index (κ1) is 13.1. The maximum absolute atomic E-state index is 12.8. The van der Waals surface area contributed by atoms with Crippen LogP contribution in [-0.2, 0) is 10.0 Å². The second kappa shape index (κ2) is 4.90. The van der Waals surface area contributed by atoms with Gasteiger partial charge in [-0.25, -0.2) is 17.5 Å². The molecule has 1 aromatic rings. The summed E-state index contributed by atoms with van der Waals surface area (Å²) in [5, 5.41) is 8.99. The predicted octanol–water partition coefficient (Wildman–Crippen LogP) is 0.793. The highest BCUT2D eigenvalue weighted by atomic mass is 32.2. The Morgan fingerprint density at radius 3 is 2.62 bits per heavy atom. The zero-order valence-corrected chi connectivity index (χ0v) is 9.88. The topological polar surface area (TPSA) is 66.4 Å². The molecule has 90 valence electrons. The van der Waals surface area contributed by atoms with Crippen LogP contribution in [0.3, 0.4) is 0 Å². The van der Waals surface area contributed by atoms with E-state index in [0.29, 0.717) is 5.56 Å². The molecule has 1 aromatic carbocycles. The molecule has 0 aliphatic heterocycles. The molecule has 0 saturated carbocycles. The fourth-order valence-electron chi connectivity index (χ4n) is 1.22. The molecule has 0 aromatic heterocycles. The van der Waals surface area contributed by atoms with Crippen LogP contribution in [0.1, 0.15) is 12.5 Å². The van der Waals surface area contributed by atoms with E-state index < -0.39 is 21.9 Å². The van der Waals surface area contributed by atoms with Gasteiger partial charge in [-0.05, 0) is 37.6 Å². The van der Waals surface area contributed by atoms with Gasteiger partial charge in [-0.3, -0.25) is 0 Å². The summed E-state index contributed by atoms with van der Waals surface area (Å²) in [5.41, 5.74) is 0.332. The van der Waals surface area contributed by atoms with Crippen LogP contribution >= 0.6 is 0 Å². The minimum Gasteiger partial charge on any atom is -0.392 e. The van der Waals surface area contributed by atoms with Gasteiger partial charge < -0.3 is 5.11 Å². The third-order valence-corrected chi connectivity index (χ3v) is 3.58. The summed E-state index contributed by atoms with van der Waals surface area (Å²) in [6, 6.07) is 3.44. The highest BCUT2D eigenvalue weighted by Gasteiger charge is 2.17. The molecule has 0 radical (unpaired) electrons. The SMILES string of the molecule is Cc1cc(F)ccc1S(=O)(=O)NCC(C)O. The van der Waals surface area contributed by atoms with Gasteiger partial charge in [-0.2, -0.15) is 0 Å². The molecule has 0 aliphatic carbocycles. The third-order valence-electron chi connectivity index (χ3n) is 2.00. The maximum Gasteiger partial charge on any atom is 0.240 e. The Bertz CT molecular complexity index is 471. The Hall–Kier alpha value is -0.980. The van der Waals surface area contributed by atoms with Crippen molar-refractivity contribution in [2.45, 2.75) is 24.8 Å². The molecule has 0 aliphatic rings. The number of hydrogen-bond acceptors (Lipinski definition) is 3. The van der Waals surface area contributed by atoms with E-state index in [4.69, 9.17) is 5.11 Å². The Balaban J connectivity index is 2.99. The zero-order chi connectivity index (χ0) is 12.3. The fraction of sp³-hybridized carbons (Fsp3) is 0.400. The van der Waals surface area contributed by atoms with Gasteiger partial charge in [0.25, 0.3) is 0 Å².